The second kappa shape index (κ2) is 13.8. The largest absolute Gasteiger partial charge is 0.345 e. The average molecular weight is 599 g/mol. The Morgan fingerprint density at radius 1 is 0.929 bits per heavy atom. The van der Waals surface area contributed by atoms with Crippen molar-refractivity contribution in [2.24, 2.45) is 0 Å². The summed E-state index contributed by atoms with van der Waals surface area (Å²) in [4.78, 5) is 13.8. The van der Waals surface area contributed by atoms with Crippen LogP contribution in [0.25, 0.3) is 5.69 Å². The Labute approximate surface area is 255 Å². The number of nitrogens with zero attached hydrogens (tertiary/aromatic N) is 3. The third kappa shape index (κ3) is 7.09. The topological polar surface area (TPSA) is 59.8 Å². The minimum absolute atomic E-state index is 0.0671. The van der Waals surface area contributed by atoms with E-state index < -0.39 is 6.04 Å². The summed E-state index contributed by atoms with van der Waals surface area (Å²) in [6, 6.07) is 31.6. The van der Waals surface area contributed by atoms with E-state index in [9.17, 15) is 9.18 Å². The van der Waals surface area contributed by atoms with Crippen LogP contribution in [0, 0.1) is 12.7 Å². The number of rotatable bonds is 11. The maximum Gasteiger partial charge on any atom is 0.228 e. The number of hydrogen-bond acceptors (Lipinski definition) is 4. The zero-order chi connectivity index (χ0) is 29.5. The summed E-state index contributed by atoms with van der Waals surface area (Å²) in [6.45, 7) is 4.03. The average Bonchev–Trinajstić information content (AvgIpc) is 3.43. The van der Waals surface area contributed by atoms with Crippen molar-refractivity contribution in [3.63, 3.8) is 0 Å². The van der Waals surface area contributed by atoms with Gasteiger partial charge in [-0.15, -0.1) is 10.2 Å². The van der Waals surface area contributed by atoms with E-state index in [1.807, 2.05) is 97.3 Å². The summed E-state index contributed by atoms with van der Waals surface area (Å²) < 4.78 is 15.5. The Hall–Kier alpha value is -3.94. The number of amides is 1. The van der Waals surface area contributed by atoms with Gasteiger partial charge in [-0.1, -0.05) is 109 Å². The van der Waals surface area contributed by atoms with Gasteiger partial charge in [0.25, 0.3) is 0 Å². The van der Waals surface area contributed by atoms with E-state index >= 15 is 0 Å². The zero-order valence-corrected chi connectivity index (χ0v) is 25.1. The first-order chi connectivity index (χ1) is 20.4. The van der Waals surface area contributed by atoms with E-state index in [2.05, 4.69) is 15.5 Å². The third-order valence-corrected chi connectivity index (χ3v) is 8.42. The molecule has 0 saturated heterocycles. The molecule has 0 bridgehead atoms. The molecule has 214 valence electrons. The van der Waals surface area contributed by atoms with Crippen LogP contribution in [0.3, 0.4) is 0 Å². The van der Waals surface area contributed by atoms with Crippen LogP contribution in [0.5, 0.6) is 0 Å². The van der Waals surface area contributed by atoms with Crippen molar-refractivity contribution in [1.29, 1.82) is 0 Å². The molecule has 2 unspecified atom stereocenters. The molecule has 0 saturated carbocycles. The summed E-state index contributed by atoms with van der Waals surface area (Å²) in [6.07, 6.45) is 1.19. The van der Waals surface area contributed by atoms with Crippen LogP contribution in [0.2, 0.25) is 5.02 Å². The smallest absolute Gasteiger partial charge is 0.228 e. The summed E-state index contributed by atoms with van der Waals surface area (Å²) >= 11 is 7.98. The van der Waals surface area contributed by atoms with Gasteiger partial charge in [0, 0.05) is 10.8 Å². The molecule has 5 rings (SSSR count). The van der Waals surface area contributed by atoms with Gasteiger partial charge in [0.15, 0.2) is 11.0 Å². The quantitative estimate of drug-likeness (QED) is 0.156. The van der Waals surface area contributed by atoms with Crippen LogP contribution in [-0.2, 0) is 17.0 Å². The van der Waals surface area contributed by atoms with Gasteiger partial charge in [-0.05, 0) is 66.3 Å². The van der Waals surface area contributed by atoms with E-state index in [0.717, 1.165) is 27.9 Å². The van der Waals surface area contributed by atoms with Crippen molar-refractivity contribution in [1.82, 2.24) is 20.1 Å². The van der Waals surface area contributed by atoms with Crippen LogP contribution in [-0.4, -0.2) is 20.7 Å². The molecule has 8 heteroatoms. The van der Waals surface area contributed by atoms with Crippen molar-refractivity contribution in [3.8, 4) is 5.69 Å². The Kier molecular flexibility index (Phi) is 9.72. The lowest BCUT2D eigenvalue weighted by Crippen LogP contribution is -2.35. The molecule has 1 heterocycles. The fraction of sp³-hybridized carbons (Fsp3) is 0.206. The molecule has 0 spiro atoms. The summed E-state index contributed by atoms with van der Waals surface area (Å²) in [7, 11) is 0. The first-order valence-electron chi connectivity index (χ1n) is 13.9. The van der Waals surface area contributed by atoms with E-state index in [0.29, 0.717) is 34.6 Å². The highest BCUT2D eigenvalue weighted by molar-refractivity contribution is 7.98. The van der Waals surface area contributed by atoms with Crippen LogP contribution in [0.4, 0.5) is 4.39 Å². The highest BCUT2D eigenvalue weighted by Gasteiger charge is 2.28. The van der Waals surface area contributed by atoms with Crippen molar-refractivity contribution >= 4 is 29.3 Å². The lowest BCUT2D eigenvalue weighted by atomic mass is 9.94. The Balaban J connectivity index is 1.56. The van der Waals surface area contributed by atoms with Crippen molar-refractivity contribution < 1.29 is 9.18 Å². The molecule has 42 heavy (non-hydrogen) atoms. The number of thioether (sulfide) groups is 1. The number of carbonyl (C=O) groups is 1. The molecule has 4 aromatic carbocycles. The maximum absolute atomic E-state index is 13.8. The number of aryl methyl sites for hydroxylation is 1. The Morgan fingerprint density at radius 2 is 1.62 bits per heavy atom. The minimum atomic E-state index is -0.469. The molecule has 0 aliphatic carbocycles. The SMILES string of the molecule is CCC(C(=O)NC(Cc1ccccc1)c1nnc(SCc2ccc(F)cc2)n1-c1cc(Cl)ccc1C)c1ccccc1. The molecule has 2 atom stereocenters. The number of benzene rings is 4. The van der Waals surface area contributed by atoms with Gasteiger partial charge in [0.1, 0.15) is 5.82 Å². The Bertz CT molecular complexity index is 1630. The molecular weight excluding hydrogens is 567 g/mol. The molecule has 1 amide bonds. The van der Waals surface area contributed by atoms with E-state index in [4.69, 9.17) is 11.6 Å². The van der Waals surface area contributed by atoms with Gasteiger partial charge in [0.2, 0.25) is 5.91 Å². The number of carbonyl (C=O) groups excluding carboxylic acids is 1. The first kappa shape index (κ1) is 29.5. The molecule has 1 N–H and O–H groups in total. The first-order valence-corrected chi connectivity index (χ1v) is 15.3. The summed E-state index contributed by atoms with van der Waals surface area (Å²) in [5.41, 5.74) is 4.83. The van der Waals surface area contributed by atoms with E-state index in [1.54, 1.807) is 12.1 Å². The van der Waals surface area contributed by atoms with Crippen molar-refractivity contribution in [3.05, 3.63) is 142 Å². The lowest BCUT2D eigenvalue weighted by molar-refractivity contribution is -0.123. The predicted molar refractivity (Wildman–Crippen MR) is 168 cm³/mol. The van der Waals surface area contributed by atoms with Gasteiger partial charge in [-0.25, -0.2) is 4.39 Å². The lowest BCUT2D eigenvalue weighted by Gasteiger charge is -2.24. The molecule has 5 aromatic rings. The van der Waals surface area contributed by atoms with Gasteiger partial charge >= 0.3 is 0 Å². The molecular formula is C34H32ClFN4OS. The highest BCUT2D eigenvalue weighted by atomic mass is 35.5. The fourth-order valence-corrected chi connectivity index (χ4v) is 6.04. The number of nitrogens with one attached hydrogen (secondary N) is 1. The maximum atomic E-state index is 13.8. The van der Waals surface area contributed by atoms with Crippen LogP contribution < -0.4 is 5.32 Å². The van der Waals surface area contributed by atoms with Gasteiger partial charge in [-0.2, -0.15) is 0 Å². The predicted octanol–water partition coefficient (Wildman–Crippen LogP) is 8.25. The van der Waals surface area contributed by atoms with Crippen molar-refractivity contribution in [2.75, 3.05) is 0 Å². The monoisotopic (exact) mass is 598 g/mol. The molecule has 5 nitrogen and oxygen atoms in total. The normalized spacial score (nSPS) is 12.6. The van der Waals surface area contributed by atoms with E-state index in [-0.39, 0.29) is 17.6 Å². The van der Waals surface area contributed by atoms with E-state index in [1.165, 1.54) is 23.9 Å². The third-order valence-electron chi connectivity index (χ3n) is 7.19. The van der Waals surface area contributed by atoms with Crippen molar-refractivity contribution in [2.45, 2.75) is 49.6 Å². The number of aromatic nitrogens is 3. The van der Waals surface area contributed by atoms with Crippen LogP contribution >= 0.6 is 23.4 Å². The summed E-state index contributed by atoms with van der Waals surface area (Å²) in [5, 5.41) is 13.8. The second-order valence-corrected chi connectivity index (χ2v) is 11.5. The van der Waals surface area contributed by atoms with Crippen LogP contribution in [0.15, 0.2) is 108 Å². The Morgan fingerprint density at radius 3 is 2.31 bits per heavy atom. The fourth-order valence-electron chi connectivity index (χ4n) is 4.97. The standard InChI is InChI=1S/C34H32ClFN4OS/c1-3-29(26-12-8-5-9-13-26)33(41)37-30(20-24-10-6-4-7-11-24)32-38-39-34(42-22-25-15-18-28(36)19-16-25)40(32)31-21-27(35)17-14-23(31)2/h4-19,21,29-30H,3,20,22H2,1-2H3,(H,37,41). The molecule has 1 aromatic heterocycles. The van der Waals surface area contributed by atoms with Gasteiger partial charge < -0.3 is 5.32 Å². The highest BCUT2D eigenvalue weighted by Crippen LogP contribution is 2.32. The minimum Gasteiger partial charge on any atom is -0.345 e. The molecule has 0 aliphatic rings. The number of halogens is 2. The second-order valence-electron chi connectivity index (χ2n) is 10.1. The molecule has 0 radical (unpaired) electrons. The van der Waals surface area contributed by atoms with Gasteiger partial charge in [0.05, 0.1) is 17.6 Å². The van der Waals surface area contributed by atoms with Gasteiger partial charge in [-0.3, -0.25) is 9.36 Å². The van der Waals surface area contributed by atoms with Crippen LogP contribution in [0.1, 0.15) is 53.4 Å². The number of hydrogen-bond donors (Lipinski definition) is 1. The molecule has 0 aliphatic heterocycles. The zero-order valence-electron chi connectivity index (χ0n) is 23.5. The summed E-state index contributed by atoms with van der Waals surface area (Å²) in [5.74, 6) is 0.537. The molecule has 0 fully saturated rings.